The number of aromatic nitrogens is 1. The largest absolute Gasteiger partial charge is 0.376 e. The number of carbonyl (C=O) groups is 1. The van der Waals surface area contributed by atoms with Gasteiger partial charge in [0, 0.05) is 17.2 Å². The molecule has 1 fully saturated rings. The molecule has 0 spiro atoms. The van der Waals surface area contributed by atoms with Crippen molar-refractivity contribution in [2.24, 2.45) is 0 Å². The topological polar surface area (TPSA) is 67.0 Å². The van der Waals surface area contributed by atoms with Crippen LogP contribution in [-0.4, -0.2) is 28.9 Å². The molecule has 6 heteroatoms. The molecule has 1 aliphatic carbocycles. The number of nitriles is 1. The molecule has 0 radical (unpaired) electrons. The molecule has 0 saturated carbocycles. The van der Waals surface area contributed by atoms with Crippen LogP contribution in [-0.2, 0) is 28.9 Å². The molecule has 1 saturated heterocycles. The third-order valence-corrected chi connectivity index (χ3v) is 7.21. The van der Waals surface area contributed by atoms with E-state index in [2.05, 4.69) is 48.0 Å². The standard InChI is InChI=1S/C24H29N3O2S/c1-16-9-10-17(2)22(12-16)30-15-23(28)26-24-20(13-25)19-7-3-4-8-21(19)27(24)14-18-6-5-11-29-18/h9-10,12,18H,3-8,11,14-15H2,1-2H3,(H,26,28). The summed E-state index contributed by atoms with van der Waals surface area (Å²) >= 11 is 1.55. The van der Waals surface area contributed by atoms with Crippen molar-refractivity contribution in [3.05, 3.63) is 46.1 Å². The zero-order valence-corrected chi connectivity index (χ0v) is 18.6. The minimum Gasteiger partial charge on any atom is -0.376 e. The van der Waals surface area contributed by atoms with Gasteiger partial charge in [0.2, 0.25) is 5.91 Å². The summed E-state index contributed by atoms with van der Waals surface area (Å²) < 4.78 is 8.03. The van der Waals surface area contributed by atoms with Crippen LogP contribution in [0.1, 0.15) is 53.6 Å². The molecule has 4 rings (SSSR count). The maximum atomic E-state index is 12.9. The second-order valence-electron chi connectivity index (χ2n) is 8.32. The minimum absolute atomic E-state index is 0.0687. The van der Waals surface area contributed by atoms with Crippen LogP contribution in [0.5, 0.6) is 0 Å². The van der Waals surface area contributed by atoms with Crippen molar-refractivity contribution in [1.29, 1.82) is 5.26 Å². The van der Waals surface area contributed by atoms with Crippen molar-refractivity contribution in [3.63, 3.8) is 0 Å². The molecule has 1 atom stereocenters. The van der Waals surface area contributed by atoms with Gasteiger partial charge in [0.1, 0.15) is 11.9 Å². The third-order valence-electron chi connectivity index (χ3n) is 6.06. The number of nitrogens with one attached hydrogen (secondary N) is 1. The number of hydrogen-bond donors (Lipinski definition) is 1. The van der Waals surface area contributed by atoms with E-state index in [0.717, 1.165) is 55.6 Å². The molecular weight excluding hydrogens is 394 g/mol. The Morgan fingerprint density at radius 2 is 2.13 bits per heavy atom. The van der Waals surface area contributed by atoms with Gasteiger partial charge in [-0.1, -0.05) is 17.7 Å². The second-order valence-corrected chi connectivity index (χ2v) is 9.34. The number of carbonyl (C=O) groups excluding carboxylic acids is 1. The number of thioether (sulfide) groups is 1. The molecule has 1 N–H and O–H groups in total. The van der Waals surface area contributed by atoms with Crippen LogP contribution < -0.4 is 5.32 Å². The average Bonchev–Trinajstić information content (AvgIpc) is 3.36. The quantitative estimate of drug-likeness (QED) is 0.680. The minimum atomic E-state index is -0.0687. The lowest BCUT2D eigenvalue weighted by atomic mass is 9.95. The summed E-state index contributed by atoms with van der Waals surface area (Å²) in [6.07, 6.45) is 6.37. The molecule has 5 nitrogen and oxygen atoms in total. The van der Waals surface area contributed by atoms with E-state index in [9.17, 15) is 10.1 Å². The lowest BCUT2D eigenvalue weighted by molar-refractivity contribution is -0.113. The van der Waals surface area contributed by atoms with Crippen LogP contribution in [0.4, 0.5) is 5.82 Å². The molecule has 1 aromatic carbocycles. The van der Waals surface area contributed by atoms with E-state index in [0.29, 0.717) is 23.7 Å². The number of ether oxygens (including phenoxy) is 1. The van der Waals surface area contributed by atoms with Crippen LogP contribution in [0.25, 0.3) is 0 Å². The Morgan fingerprint density at radius 3 is 2.90 bits per heavy atom. The Labute approximate surface area is 182 Å². The number of rotatable bonds is 6. The smallest absolute Gasteiger partial charge is 0.235 e. The van der Waals surface area contributed by atoms with Crippen molar-refractivity contribution < 1.29 is 9.53 Å². The van der Waals surface area contributed by atoms with Gasteiger partial charge in [-0.2, -0.15) is 5.26 Å². The molecule has 2 heterocycles. The van der Waals surface area contributed by atoms with Crippen LogP contribution >= 0.6 is 11.8 Å². The highest BCUT2D eigenvalue weighted by Gasteiger charge is 2.28. The predicted octanol–water partition coefficient (Wildman–Crippen LogP) is 4.77. The molecule has 1 aliphatic heterocycles. The molecule has 1 amide bonds. The fraction of sp³-hybridized carbons (Fsp3) is 0.500. The fourth-order valence-corrected chi connectivity index (χ4v) is 5.41. The van der Waals surface area contributed by atoms with Gasteiger partial charge in [-0.25, -0.2) is 0 Å². The van der Waals surface area contributed by atoms with Crippen molar-refractivity contribution in [1.82, 2.24) is 4.57 Å². The summed E-state index contributed by atoms with van der Waals surface area (Å²) in [6, 6.07) is 8.67. The van der Waals surface area contributed by atoms with Gasteiger partial charge in [-0.05, 0) is 69.6 Å². The molecule has 0 bridgehead atoms. The highest BCUT2D eigenvalue weighted by atomic mass is 32.2. The number of benzene rings is 1. The summed E-state index contributed by atoms with van der Waals surface area (Å²) in [7, 11) is 0. The summed E-state index contributed by atoms with van der Waals surface area (Å²) in [5.74, 6) is 0.928. The first-order valence-electron chi connectivity index (χ1n) is 10.8. The molecule has 158 valence electrons. The first-order chi connectivity index (χ1) is 14.6. The van der Waals surface area contributed by atoms with E-state index >= 15 is 0 Å². The molecule has 2 aromatic rings. The SMILES string of the molecule is Cc1ccc(C)c(SCC(=O)Nc2c(C#N)c3c(n2CC2CCCO2)CCCC3)c1. The van der Waals surface area contributed by atoms with Gasteiger partial charge in [0.15, 0.2) is 0 Å². The number of aryl methyl sites for hydroxylation is 2. The normalized spacial score (nSPS) is 18.1. The van der Waals surface area contributed by atoms with E-state index in [1.165, 1.54) is 16.8 Å². The number of fused-ring (bicyclic) bond motifs is 1. The van der Waals surface area contributed by atoms with Crippen LogP contribution in [0, 0.1) is 25.2 Å². The molecule has 1 aromatic heterocycles. The molecular formula is C24H29N3O2S. The lowest BCUT2D eigenvalue weighted by Gasteiger charge is -2.20. The maximum absolute atomic E-state index is 12.9. The zero-order valence-electron chi connectivity index (χ0n) is 17.8. The monoisotopic (exact) mass is 423 g/mol. The number of anilines is 1. The Morgan fingerprint density at radius 1 is 1.30 bits per heavy atom. The summed E-state index contributed by atoms with van der Waals surface area (Å²) in [6.45, 7) is 5.64. The average molecular weight is 424 g/mol. The molecule has 2 aliphatic rings. The second kappa shape index (κ2) is 9.28. The van der Waals surface area contributed by atoms with Crippen LogP contribution in [0.3, 0.4) is 0 Å². The Bertz CT molecular complexity index is 983. The molecule has 30 heavy (non-hydrogen) atoms. The third kappa shape index (κ3) is 4.43. The summed E-state index contributed by atoms with van der Waals surface area (Å²) in [4.78, 5) is 14.0. The van der Waals surface area contributed by atoms with Crippen molar-refractivity contribution in [2.45, 2.75) is 69.9 Å². The summed E-state index contributed by atoms with van der Waals surface area (Å²) in [5.41, 5.74) is 5.35. The van der Waals surface area contributed by atoms with Gasteiger partial charge in [-0.3, -0.25) is 4.79 Å². The molecule has 1 unspecified atom stereocenters. The highest BCUT2D eigenvalue weighted by molar-refractivity contribution is 8.00. The number of hydrogen-bond acceptors (Lipinski definition) is 4. The van der Waals surface area contributed by atoms with E-state index in [-0.39, 0.29) is 12.0 Å². The zero-order chi connectivity index (χ0) is 21.1. The van der Waals surface area contributed by atoms with E-state index in [4.69, 9.17) is 4.74 Å². The van der Waals surface area contributed by atoms with Crippen molar-refractivity contribution >= 4 is 23.5 Å². The first-order valence-corrected chi connectivity index (χ1v) is 11.8. The lowest BCUT2D eigenvalue weighted by Crippen LogP contribution is -2.23. The van der Waals surface area contributed by atoms with Gasteiger partial charge in [0.05, 0.1) is 24.0 Å². The van der Waals surface area contributed by atoms with Crippen molar-refractivity contribution in [3.8, 4) is 6.07 Å². The van der Waals surface area contributed by atoms with E-state index < -0.39 is 0 Å². The van der Waals surface area contributed by atoms with E-state index in [1.54, 1.807) is 11.8 Å². The Hall–Kier alpha value is -2.23. The fourth-order valence-electron chi connectivity index (χ4n) is 4.49. The number of nitrogens with zero attached hydrogens (tertiary/aromatic N) is 2. The highest BCUT2D eigenvalue weighted by Crippen LogP contribution is 2.34. The van der Waals surface area contributed by atoms with Crippen LogP contribution in [0.2, 0.25) is 0 Å². The van der Waals surface area contributed by atoms with Gasteiger partial charge in [-0.15, -0.1) is 11.8 Å². The first kappa shape index (κ1) is 21.0. The van der Waals surface area contributed by atoms with Crippen LogP contribution in [0.15, 0.2) is 23.1 Å². The Kier molecular flexibility index (Phi) is 6.50. The van der Waals surface area contributed by atoms with Crippen molar-refractivity contribution in [2.75, 3.05) is 17.7 Å². The van der Waals surface area contributed by atoms with Gasteiger partial charge < -0.3 is 14.6 Å². The van der Waals surface area contributed by atoms with Gasteiger partial charge in [0.25, 0.3) is 0 Å². The van der Waals surface area contributed by atoms with E-state index in [1.807, 2.05) is 0 Å². The van der Waals surface area contributed by atoms with Gasteiger partial charge >= 0.3 is 0 Å². The number of amides is 1. The summed E-state index contributed by atoms with van der Waals surface area (Å²) in [5, 5.41) is 13.0. The predicted molar refractivity (Wildman–Crippen MR) is 120 cm³/mol. The Balaban J connectivity index is 1.56. The maximum Gasteiger partial charge on any atom is 0.235 e.